The summed E-state index contributed by atoms with van der Waals surface area (Å²) in [7, 11) is 0. The fraction of sp³-hybridized carbons (Fsp3) is 0.364. The predicted molar refractivity (Wildman–Crippen MR) is 107 cm³/mol. The molecular weight excluding hydrogens is 340 g/mol. The Morgan fingerprint density at radius 2 is 1.52 bits per heavy atom. The molecule has 0 saturated heterocycles. The monoisotopic (exact) mass is 368 g/mol. The summed E-state index contributed by atoms with van der Waals surface area (Å²) in [6, 6.07) is 14.1. The van der Waals surface area contributed by atoms with Gasteiger partial charge in [0.05, 0.1) is 6.61 Å². The van der Waals surface area contributed by atoms with Crippen molar-refractivity contribution in [2.75, 3.05) is 6.61 Å². The zero-order valence-corrected chi connectivity index (χ0v) is 16.1. The number of rotatable bonds is 9. The highest BCUT2D eigenvalue weighted by atomic mass is 16.5. The number of carbonyl (C=O) groups is 2. The molecule has 5 nitrogen and oxygen atoms in total. The van der Waals surface area contributed by atoms with Gasteiger partial charge < -0.3 is 4.74 Å². The predicted octanol–water partition coefficient (Wildman–Crippen LogP) is 4.42. The van der Waals surface area contributed by atoms with E-state index in [9.17, 15) is 9.59 Å². The summed E-state index contributed by atoms with van der Waals surface area (Å²) in [5.74, 6) is 0.0167. The molecule has 0 unspecified atom stereocenters. The average Bonchev–Trinajstić information content (AvgIpc) is 2.69. The van der Waals surface area contributed by atoms with E-state index in [1.165, 1.54) is 25.7 Å². The number of unbranched alkanes of at least 4 members (excludes halogenated alkanes) is 4. The summed E-state index contributed by atoms with van der Waals surface area (Å²) in [6.45, 7) is 4.79. The van der Waals surface area contributed by atoms with Gasteiger partial charge in [0.15, 0.2) is 0 Å². The molecule has 0 aliphatic carbocycles. The lowest BCUT2D eigenvalue weighted by Gasteiger charge is -2.09. The van der Waals surface area contributed by atoms with Gasteiger partial charge >= 0.3 is 0 Å². The van der Waals surface area contributed by atoms with E-state index < -0.39 is 0 Å². The highest BCUT2D eigenvalue weighted by Gasteiger charge is 2.09. The number of nitrogens with one attached hydrogen (secondary N) is 2. The van der Waals surface area contributed by atoms with Crippen LogP contribution in [-0.2, 0) is 0 Å². The molecule has 0 saturated carbocycles. The summed E-state index contributed by atoms with van der Waals surface area (Å²) >= 11 is 0. The minimum Gasteiger partial charge on any atom is -0.494 e. The second kappa shape index (κ2) is 11.0. The molecule has 0 heterocycles. The van der Waals surface area contributed by atoms with E-state index in [0.29, 0.717) is 17.7 Å². The van der Waals surface area contributed by atoms with Crippen LogP contribution in [0.15, 0.2) is 48.5 Å². The Morgan fingerprint density at radius 1 is 0.852 bits per heavy atom. The first-order valence-electron chi connectivity index (χ1n) is 9.50. The SMILES string of the molecule is CCCCCCCOc1ccc(C(=O)NNC(=O)c2cccc(C)c2)cc1. The highest BCUT2D eigenvalue weighted by Crippen LogP contribution is 2.13. The number of carbonyl (C=O) groups excluding carboxylic acids is 2. The van der Waals surface area contributed by atoms with Gasteiger partial charge in [-0.2, -0.15) is 0 Å². The molecule has 144 valence electrons. The van der Waals surface area contributed by atoms with Gasteiger partial charge in [-0.05, 0) is 49.7 Å². The number of benzene rings is 2. The van der Waals surface area contributed by atoms with Crippen molar-refractivity contribution in [3.05, 3.63) is 65.2 Å². The van der Waals surface area contributed by atoms with Crippen molar-refractivity contribution in [1.29, 1.82) is 0 Å². The first-order valence-corrected chi connectivity index (χ1v) is 9.50. The summed E-state index contributed by atoms with van der Waals surface area (Å²) in [4.78, 5) is 24.2. The molecule has 0 spiro atoms. The molecule has 2 N–H and O–H groups in total. The van der Waals surface area contributed by atoms with Gasteiger partial charge in [0.2, 0.25) is 0 Å². The largest absolute Gasteiger partial charge is 0.494 e. The molecule has 27 heavy (non-hydrogen) atoms. The summed E-state index contributed by atoms with van der Waals surface area (Å²) in [5.41, 5.74) is 6.79. The summed E-state index contributed by atoms with van der Waals surface area (Å²) in [5, 5.41) is 0. The Hall–Kier alpha value is -2.82. The van der Waals surface area contributed by atoms with E-state index in [4.69, 9.17) is 4.74 Å². The van der Waals surface area contributed by atoms with Gasteiger partial charge in [0.1, 0.15) is 5.75 Å². The lowest BCUT2D eigenvalue weighted by atomic mass is 10.1. The van der Waals surface area contributed by atoms with Crippen molar-refractivity contribution in [1.82, 2.24) is 10.9 Å². The van der Waals surface area contributed by atoms with Gasteiger partial charge in [-0.15, -0.1) is 0 Å². The van der Waals surface area contributed by atoms with E-state index in [-0.39, 0.29) is 11.8 Å². The van der Waals surface area contributed by atoms with E-state index >= 15 is 0 Å². The lowest BCUT2D eigenvalue weighted by Crippen LogP contribution is -2.41. The maximum absolute atomic E-state index is 12.2. The number of hydrazine groups is 1. The average molecular weight is 368 g/mol. The molecule has 5 heteroatoms. The Bertz CT molecular complexity index is 741. The number of hydrogen-bond donors (Lipinski definition) is 2. The van der Waals surface area contributed by atoms with Crippen molar-refractivity contribution < 1.29 is 14.3 Å². The number of amides is 2. The molecule has 0 fully saturated rings. The lowest BCUT2D eigenvalue weighted by molar-refractivity contribution is 0.0846. The van der Waals surface area contributed by atoms with Gasteiger partial charge in [0, 0.05) is 11.1 Å². The van der Waals surface area contributed by atoms with Crippen molar-refractivity contribution in [3.63, 3.8) is 0 Å². The molecule has 2 amide bonds. The molecular formula is C22H28N2O3. The Labute approximate surface area is 161 Å². The van der Waals surface area contributed by atoms with Crippen molar-refractivity contribution in [2.45, 2.75) is 46.0 Å². The van der Waals surface area contributed by atoms with Crippen molar-refractivity contribution >= 4 is 11.8 Å². The molecule has 2 aromatic carbocycles. The molecule has 2 rings (SSSR count). The second-order valence-electron chi connectivity index (χ2n) is 6.56. The number of hydrogen-bond acceptors (Lipinski definition) is 3. The number of ether oxygens (including phenoxy) is 1. The number of aryl methyl sites for hydroxylation is 1. The van der Waals surface area contributed by atoms with Crippen LogP contribution < -0.4 is 15.6 Å². The Morgan fingerprint density at radius 3 is 2.19 bits per heavy atom. The minimum atomic E-state index is -0.373. The summed E-state index contributed by atoms with van der Waals surface area (Å²) in [6.07, 6.45) is 5.95. The molecule has 0 aromatic heterocycles. The minimum absolute atomic E-state index is 0.352. The molecule has 0 aliphatic rings. The third-order valence-electron chi connectivity index (χ3n) is 4.20. The van der Waals surface area contributed by atoms with Crippen LogP contribution in [0.4, 0.5) is 0 Å². The van der Waals surface area contributed by atoms with Crippen LogP contribution in [0.1, 0.15) is 65.3 Å². The third-order valence-corrected chi connectivity index (χ3v) is 4.20. The van der Waals surface area contributed by atoms with Crippen LogP contribution in [-0.4, -0.2) is 18.4 Å². The first kappa shape index (κ1) is 20.5. The fourth-order valence-electron chi connectivity index (χ4n) is 2.64. The van der Waals surface area contributed by atoms with E-state index in [0.717, 1.165) is 17.7 Å². The van der Waals surface area contributed by atoms with Crippen LogP contribution >= 0.6 is 0 Å². The topological polar surface area (TPSA) is 67.4 Å². The van der Waals surface area contributed by atoms with Gasteiger partial charge in [0.25, 0.3) is 11.8 Å². The summed E-state index contributed by atoms with van der Waals surface area (Å²) < 4.78 is 5.69. The van der Waals surface area contributed by atoms with Crippen molar-refractivity contribution in [3.8, 4) is 5.75 Å². The Kier molecular flexibility index (Phi) is 8.36. The second-order valence-corrected chi connectivity index (χ2v) is 6.56. The van der Waals surface area contributed by atoms with Crippen LogP contribution in [0, 0.1) is 6.92 Å². The molecule has 0 atom stereocenters. The normalized spacial score (nSPS) is 10.3. The van der Waals surface area contributed by atoms with Crippen molar-refractivity contribution in [2.24, 2.45) is 0 Å². The first-order chi connectivity index (χ1) is 13.1. The van der Waals surface area contributed by atoms with E-state index in [2.05, 4.69) is 17.8 Å². The molecule has 0 bridgehead atoms. The zero-order valence-electron chi connectivity index (χ0n) is 16.1. The van der Waals surface area contributed by atoms with Gasteiger partial charge in [-0.1, -0.05) is 50.3 Å². The fourth-order valence-corrected chi connectivity index (χ4v) is 2.64. The van der Waals surface area contributed by atoms with Crippen LogP contribution in [0.3, 0.4) is 0 Å². The smallest absolute Gasteiger partial charge is 0.269 e. The van der Waals surface area contributed by atoms with Crippen LogP contribution in [0.2, 0.25) is 0 Å². The molecule has 0 radical (unpaired) electrons. The third kappa shape index (κ3) is 7.13. The molecule has 0 aliphatic heterocycles. The molecule has 2 aromatic rings. The standard InChI is InChI=1S/C22H28N2O3/c1-3-4-5-6-7-15-27-20-13-11-18(12-14-20)21(25)23-24-22(26)19-10-8-9-17(2)16-19/h8-14,16H,3-7,15H2,1-2H3,(H,23,25)(H,24,26). The maximum atomic E-state index is 12.2. The maximum Gasteiger partial charge on any atom is 0.269 e. The van der Waals surface area contributed by atoms with Gasteiger partial charge in [-0.25, -0.2) is 0 Å². The highest BCUT2D eigenvalue weighted by molar-refractivity contribution is 5.99. The van der Waals surface area contributed by atoms with E-state index in [1.807, 2.05) is 13.0 Å². The van der Waals surface area contributed by atoms with Gasteiger partial charge in [-0.3, -0.25) is 20.4 Å². The Balaban J connectivity index is 1.75. The van der Waals surface area contributed by atoms with E-state index in [1.54, 1.807) is 42.5 Å². The zero-order chi connectivity index (χ0) is 19.5. The van der Waals surface area contributed by atoms with Crippen LogP contribution in [0.25, 0.3) is 0 Å². The van der Waals surface area contributed by atoms with Crippen LogP contribution in [0.5, 0.6) is 5.75 Å². The quantitative estimate of drug-likeness (QED) is 0.509.